The van der Waals surface area contributed by atoms with E-state index in [1.807, 2.05) is 23.9 Å². The summed E-state index contributed by atoms with van der Waals surface area (Å²) >= 11 is 1.89. The van der Waals surface area contributed by atoms with Gasteiger partial charge in [-0.15, -0.1) is 24.2 Å². The number of thioether (sulfide) groups is 1. The first-order chi connectivity index (χ1) is 8.76. The van der Waals surface area contributed by atoms with Crippen LogP contribution in [0.25, 0.3) is 0 Å². The lowest BCUT2D eigenvalue weighted by Crippen LogP contribution is -2.41. The molecule has 1 atom stereocenters. The molecule has 4 heteroatoms. The van der Waals surface area contributed by atoms with E-state index in [9.17, 15) is 5.11 Å². The largest absolute Gasteiger partial charge is 0.508 e. The van der Waals surface area contributed by atoms with E-state index in [0.29, 0.717) is 11.8 Å². The zero-order valence-corrected chi connectivity index (χ0v) is 13.4. The van der Waals surface area contributed by atoms with E-state index in [1.165, 1.54) is 30.8 Å². The Hall–Kier alpha value is -0.380. The monoisotopic (exact) mass is 301 g/mol. The summed E-state index contributed by atoms with van der Waals surface area (Å²) in [4.78, 5) is 3.85. The molecule has 1 aromatic carbocycles. The second-order valence-corrected chi connectivity index (χ2v) is 6.02. The van der Waals surface area contributed by atoms with Crippen molar-refractivity contribution in [3.63, 3.8) is 0 Å². The van der Waals surface area contributed by atoms with Crippen LogP contribution in [0.1, 0.15) is 32.3 Å². The smallest absolute Gasteiger partial charge is 0.119 e. The molecule has 2 nitrogen and oxygen atoms in total. The van der Waals surface area contributed by atoms with Gasteiger partial charge in [-0.05, 0) is 44.5 Å². The summed E-state index contributed by atoms with van der Waals surface area (Å²) in [5.41, 5.74) is 1.15. The Morgan fingerprint density at radius 3 is 2.58 bits per heavy atom. The Balaban J connectivity index is 0.00000180. The zero-order chi connectivity index (χ0) is 13.0. The minimum Gasteiger partial charge on any atom is -0.508 e. The second kappa shape index (κ2) is 8.03. The normalized spacial score (nSPS) is 17.9. The SMILES string of the molecule is CCCN(CCC)C1CSc2cccc(O)c2C1.Cl. The van der Waals surface area contributed by atoms with Crippen LogP contribution in [0.5, 0.6) is 5.75 Å². The summed E-state index contributed by atoms with van der Waals surface area (Å²) < 4.78 is 0. The lowest BCUT2D eigenvalue weighted by molar-refractivity contribution is 0.208. The fourth-order valence-electron chi connectivity index (χ4n) is 2.66. The zero-order valence-electron chi connectivity index (χ0n) is 11.8. The Bertz CT molecular complexity index is 394. The number of aromatic hydroxyl groups is 1. The molecule has 0 bridgehead atoms. The average molecular weight is 302 g/mol. The maximum absolute atomic E-state index is 9.98. The number of phenolic OH excluding ortho intramolecular Hbond substituents is 1. The lowest BCUT2D eigenvalue weighted by atomic mass is 10.0. The van der Waals surface area contributed by atoms with E-state index in [2.05, 4.69) is 24.8 Å². The molecule has 108 valence electrons. The molecule has 1 unspecified atom stereocenters. The first-order valence-electron chi connectivity index (χ1n) is 6.94. The Morgan fingerprint density at radius 1 is 1.26 bits per heavy atom. The van der Waals surface area contributed by atoms with Crippen LogP contribution in [0, 0.1) is 0 Å². The first kappa shape index (κ1) is 16.7. The third-order valence-electron chi connectivity index (χ3n) is 3.52. The molecule has 1 aromatic rings. The van der Waals surface area contributed by atoms with Crippen molar-refractivity contribution in [3.8, 4) is 5.75 Å². The summed E-state index contributed by atoms with van der Waals surface area (Å²) in [6.07, 6.45) is 3.40. The molecule has 0 aromatic heterocycles. The van der Waals surface area contributed by atoms with Gasteiger partial charge in [-0.2, -0.15) is 0 Å². The number of rotatable bonds is 5. The van der Waals surface area contributed by atoms with Crippen molar-refractivity contribution in [3.05, 3.63) is 23.8 Å². The second-order valence-electron chi connectivity index (χ2n) is 4.96. The van der Waals surface area contributed by atoms with Gasteiger partial charge in [-0.1, -0.05) is 19.9 Å². The molecular weight excluding hydrogens is 278 g/mol. The predicted molar refractivity (Wildman–Crippen MR) is 85.7 cm³/mol. The first-order valence-corrected chi connectivity index (χ1v) is 7.92. The molecule has 0 aliphatic carbocycles. The van der Waals surface area contributed by atoms with Gasteiger partial charge in [0.05, 0.1) is 0 Å². The quantitative estimate of drug-likeness (QED) is 0.890. The van der Waals surface area contributed by atoms with E-state index in [4.69, 9.17) is 0 Å². The molecule has 0 saturated heterocycles. The van der Waals surface area contributed by atoms with Gasteiger partial charge in [0.25, 0.3) is 0 Å². The molecule has 0 radical (unpaired) electrons. The molecule has 0 spiro atoms. The van der Waals surface area contributed by atoms with Crippen molar-refractivity contribution >= 4 is 24.2 Å². The van der Waals surface area contributed by atoms with E-state index in [-0.39, 0.29) is 12.4 Å². The highest BCUT2D eigenvalue weighted by Gasteiger charge is 2.25. The number of fused-ring (bicyclic) bond motifs is 1. The van der Waals surface area contributed by atoms with Crippen molar-refractivity contribution in [1.29, 1.82) is 0 Å². The van der Waals surface area contributed by atoms with Crippen LogP contribution >= 0.6 is 24.2 Å². The maximum atomic E-state index is 9.98. The van der Waals surface area contributed by atoms with Crippen molar-refractivity contribution in [2.75, 3.05) is 18.8 Å². The van der Waals surface area contributed by atoms with E-state index >= 15 is 0 Å². The molecule has 0 amide bonds. The molecule has 19 heavy (non-hydrogen) atoms. The van der Waals surface area contributed by atoms with Crippen LogP contribution in [-0.4, -0.2) is 34.9 Å². The number of halogens is 1. The molecule has 0 saturated carbocycles. The molecule has 1 aliphatic rings. The van der Waals surface area contributed by atoms with Crippen molar-refractivity contribution in [2.45, 2.75) is 44.0 Å². The third kappa shape index (κ3) is 4.04. The van der Waals surface area contributed by atoms with Crippen LogP contribution in [-0.2, 0) is 6.42 Å². The number of hydrogen-bond acceptors (Lipinski definition) is 3. The molecule has 1 N–H and O–H groups in total. The average Bonchev–Trinajstić information content (AvgIpc) is 2.39. The predicted octanol–water partition coefficient (Wildman–Crippen LogP) is 3.95. The summed E-state index contributed by atoms with van der Waals surface area (Å²) in [5.74, 6) is 1.62. The summed E-state index contributed by atoms with van der Waals surface area (Å²) in [5, 5.41) is 9.98. The van der Waals surface area contributed by atoms with E-state index in [0.717, 1.165) is 17.7 Å². The molecule has 0 fully saturated rings. The highest BCUT2D eigenvalue weighted by atomic mass is 35.5. The number of nitrogens with zero attached hydrogens (tertiary/aromatic N) is 1. The number of benzene rings is 1. The maximum Gasteiger partial charge on any atom is 0.119 e. The van der Waals surface area contributed by atoms with Crippen LogP contribution in [0.3, 0.4) is 0 Å². The summed E-state index contributed by atoms with van der Waals surface area (Å²) in [7, 11) is 0. The standard InChI is InChI=1S/C15H23NOS.ClH/c1-3-8-16(9-4-2)12-10-13-14(17)6-5-7-15(13)18-11-12;/h5-7,12,17H,3-4,8-11H2,1-2H3;1H. The minimum atomic E-state index is 0. The van der Waals surface area contributed by atoms with Gasteiger partial charge in [0.1, 0.15) is 5.75 Å². The number of phenols is 1. The Labute approximate surface area is 127 Å². The van der Waals surface area contributed by atoms with Crippen molar-refractivity contribution in [2.24, 2.45) is 0 Å². The molecular formula is C15H24ClNOS. The van der Waals surface area contributed by atoms with Gasteiger partial charge in [-0.3, -0.25) is 4.90 Å². The molecule has 2 rings (SSSR count). The van der Waals surface area contributed by atoms with Crippen LogP contribution in [0.15, 0.2) is 23.1 Å². The summed E-state index contributed by atoms with van der Waals surface area (Å²) in [6.45, 7) is 6.82. The van der Waals surface area contributed by atoms with Gasteiger partial charge in [-0.25, -0.2) is 0 Å². The Morgan fingerprint density at radius 2 is 1.95 bits per heavy atom. The fourth-order valence-corrected chi connectivity index (χ4v) is 3.90. The van der Waals surface area contributed by atoms with E-state index in [1.54, 1.807) is 0 Å². The van der Waals surface area contributed by atoms with Gasteiger partial charge in [0.15, 0.2) is 0 Å². The number of hydrogen-bond donors (Lipinski definition) is 1. The van der Waals surface area contributed by atoms with Gasteiger partial charge >= 0.3 is 0 Å². The van der Waals surface area contributed by atoms with Crippen molar-refractivity contribution in [1.82, 2.24) is 4.90 Å². The topological polar surface area (TPSA) is 23.5 Å². The van der Waals surface area contributed by atoms with Crippen LogP contribution < -0.4 is 0 Å². The molecule has 1 heterocycles. The Kier molecular flexibility index (Phi) is 7.05. The highest BCUT2D eigenvalue weighted by Crippen LogP contribution is 2.36. The van der Waals surface area contributed by atoms with Crippen LogP contribution in [0.4, 0.5) is 0 Å². The van der Waals surface area contributed by atoms with Gasteiger partial charge < -0.3 is 5.11 Å². The third-order valence-corrected chi connectivity index (χ3v) is 4.76. The summed E-state index contributed by atoms with van der Waals surface area (Å²) in [6, 6.07) is 6.46. The minimum absolute atomic E-state index is 0. The molecule has 1 aliphatic heterocycles. The van der Waals surface area contributed by atoms with Crippen molar-refractivity contribution < 1.29 is 5.11 Å². The van der Waals surface area contributed by atoms with Crippen LogP contribution in [0.2, 0.25) is 0 Å². The lowest BCUT2D eigenvalue weighted by Gasteiger charge is -2.34. The van der Waals surface area contributed by atoms with Gasteiger partial charge in [0, 0.05) is 22.3 Å². The van der Waals surface area contributed by atoms with E-state index < -0.39 is 0 Å². The fraction of sp³-hybridized carbons (Fsp3) is 0.600. The van der Waals surface area contributed by atoms with Gasteiger partial charge in [0.2, 0.25) is 0 Å². The highest BCUT2D eigenvalue weighted by molar-refractivity contribution is 7.99.